The van der Waals surface area contributed by atoms with Gasteiger partial charge in [0.05, 0.1) is 21.1 Å². The van der Waals surface area contributed by atoms with Gasteiger partial charge in [-0.3, -0.25) is 4.52 Å². The molecule has 7 heteroatoms. The van der Waals surface area contributed by atoms with Crippen LogP contribution in [0.1, 0.15) is 0 Å². The second-order valence-electron chi connectivity index (χ2n) is 3.34. The first-order valence-corrected chi connectivity index (χ1v) is 4.74. The van der Waals surface area contributed by atoms with E-state index in [0.29, 0.717) is 11.0 Å². The van der Waals surface area contributed by atoms with Crippen LogP contribution in [0.4, 0.5) is 0 Å². The maximum absolute atomic E-state index is 10.2. The number of hydrogen-bond donors (Lipinski definition) is 2. The third-order valence-electron chi connectivity index (χ3n) is 1.02. The van der Waals surface area contributed by atoms with Crippen molar-refractivity contribution in [3.63, 3.8) is 0 Å². The summed E-state index contributed by atoms with van der Waals surface area (Å²) in [6, 6.07) is 0. The van der Waals surface area contributed by atoms with E-state index in [9.17, 15) is 4.57 Å². The molecule has 0 spiro atoms. The molecule has 0 fully saturated rings. The van der Waals surface area contributed by atoms with E-state index in [1.54, 1.807) is 0 Å². The zero-order valence-electron chi connectivity index (χ0n) is 8.02. The standard InChI is InChI=1S/C5H14NO4P.Na/c1-6(2,3)4-5-10-11(7,8)9;/h4-5H2,1-3H3,(H-,7,8,9);/q;+1/p+1. The largest absolute Gasteiger partial charge is 1.00 e. The minimum absolute atomic E-state index is 0. The first kappa shape index (κ1) is 15.5. The molecule has 0 amide bonds. The number of quaternary nitrogens is 1. The van der Waals surface area contributed by atoms with E-state index in [4.69, 9.17) is 9.79 Å². The van der Waals surface area contributed by atoms with Crippen LogP contribution in [-0.2, 0) is 9.09 Å². The summed E-state index contributed by atoms with van der Waals surface area (Å²) >= 11 is 0. The summed E-state index contributed by atoms with van der Waals surface area (Å²) in [5, 5.41) is 0. The monoisotopic (exact) mass is 207 g/mol. The summed E-state index contributed by atoms with van der Waals surface area (Å²) < 4.78 is 15.1. The van der Waals surface area contributed by atoms with E-state index in [-0.39, 0.29) is 36.2 Å². The fourth-order valence-electron chi connectivity index (χ4n) is 0.434. The van der Waals surface area contributed by atoms with Crippen molar-refractivity contribution in [2.75, 3.05) is 34.3 Å². The number of rotatable bonds is 4. The van der Waals surface area contributed by atoms with Crippen LogP contribution in [0.3, 0.4) is 0 Å². The van der Waals surface area contributed by atoms with Gasteiger partial charge in [0.2, 0.25) is 0 Å². The van der Waals surface area contributed by atoms with Crippen molar-refractivity contribution < 1.29 is 52.9 Å². The molecular weight excluding hydrogens is 192 g/mol. The summed E-state index contributed by atoms with van der Waals surface area (Å²) in [4.78, 5) is 16.6. The third-order valence-corrected chi connectivity index (χ3v) is 1.54. The molecular formula is C5H15NNaO4P+2. The van der Waals surface area contributed by atoms with Crippen LogP contribution in [0.2, 0.25) is 0 Å². The summed E-state index contributed by atoms with van der Waals surface area (Å²) in [5.41, 5.74) is 0. The second-order valence-corrected chi connectivity index (χ2v) is 4.58. The zero-order valence-corrected chi connectivity index (χ0v) is 10.9. The van der Waals surface area contributed by atoms with Crippen molar-refractivity contribution in [1.29, 1.82) is 0 Å². The van der Waals surface area contributed by atoms with Gasteiger partial charge in [-0.15, -0.1) is 0 Å². The van der Waals surface area contributed by atoms with E-state index >= 15 is 0 Å². The molecule has 0 heterocycles. The summed E-state index contributed by atoms with van der Waals surface area (Å²) in [6.45, 7) is 0.652. The topological polar surface area (TPSA) is 66.8 Å². The second kappa shape index (κ2) is 5.73. The van der Waals surface area contributed by atoms with Crippen molar-refractivity contribution in [3.8, 4) is 0 Å². The van der Waals surface area contributed by atoms with Crippen molar-refractivity contribution in [2.45, 2.75) is 0 Å². The first-order valence-electron chi connectivity index (χ1n) is 3.21. The number of nitrogens with zero attached hydrogens (tertiary/aromatic N) is 1. The minimum Gasteiger partial charge on any atom is -0.329 e. The molecule has 0 aliphatic heterocycles. The van der Waals surface area contributed by atoms with E-state index < -0.39 is 7.82 Å². The Kier molecular flexibility index (Phi) is 7.42. The Morgan fingerprint density at radius 1 is 1.33 bits per heavy atom. The third kappa shape index (κ3) is 13.6. The molecule has 0 aromatic heterocycles. The molecule has 12 heavy (non-hydrogen) atoms. The van der Waals surface area contributed by atoms with Crippen LogP contribution in [-0.4, -0.2) is 48.6 Å². The van der Waals surface area contributed by atoms with Crippen LogP contribution in [0.15, 0.2) is 0 Å². The normalized spacial score (nSPS) is 12.4. The molecule has 68 valence electrons. The number of likely N-dealkylation sites (N-methyl/N-ethyl adjacent to an activating group) is 1. The van der Waals surface area contributed by atoms with Crippen molar-refractivity contribution >= 4 is 7.82 Å². The SMILES string of the molecule is C[N+](C)(C)CCOP(=O)(O)O.[Na+]. The van der Waals surface area contributed by atoms with Gasteiger partial charge in [-0.1, -0.05) is 0 Å². The van der Waals surface area contributed by atoms with Gasteiger partial charge in [-0.05, 0) is 0 Å². The molecule has 0 saturated heterocycles. The molecule has 0 aromatic rings. The Labute approximate surface area is 94.8 Å². The first-order chi connectivity index (χ1) is 4.71. The molecule has 0 atom stereocenters. The maximum atomic E-state index is 10.2. The van der Waals surface area contributed by atoms with Gasteiger partial charge in [-0.2, -0.15) is 0 Å². The van der Waals surface area contributed by atoms with Crippen LogP contribution < -0.4 is 29.6 Å². The molecule has 0 aromatic carbocycles. The van der Waals surface area contributed by atoms with Gasteiger partial charge in [0, 0.05) is 0 Å². The zero-order chi connectivity index (χ0) is 9.12. The molecule has 0 aliphatic rings. The van der Waals surface area contributed by atoms with Crippen LogP contribution in [0, 0.1) is 0 Å². The molecule has 0 bridgehead atoms. The van der Waals surface area contributed by atoms with Crippen molar-refractivity contribution in [3.05, 3.63) is 0 Å². The van der Waals surface area contributed by atoms with Gasteiger partial charge in [0.25, 0.3) is 0 Å². The predicted molar refractivity (Wildman–Crippen MR) is 40.9 cm³/mol. The molecule has 0 aliphatic carbocycles. The summed E-state index contributed by atoms with van der Waals surface area (Å²) in [5.74, 6) is 0. The molecule has 0 radical (unpaired) electrons. The molecule has 5 nitrogen and oxygen atoms in total. The fourth-order valence-corrected chi connectivity index (χ4v) is 0.753. The summed E-state index contributed by atoms with van der Waals surface area (Å²) in [6.07, 6.45) is 0. The van der Waals surface area contributed by atoms with Crippen LogP contribution >= 0.6 is 7.82 Å². The van der Waals surface area contributed by atoms with Crippen molar-refractivity contribution in [2.24, 2.45) is 0 Å². The van der Waals surface area contributed by atoms with Gasteiger partial charge in [0.15, 0.2) is 0 Å². The number of phosphoric acid groups is 1. The number of phosphoric ester groups is 1. The van der Waals surface area contributed by atoms with E-state index in [2.05, 4.69) is 4.52 Å². The van der Waals surface area contributed by atoms with E-state index in [0.717, 1.165) is 0 Å². The van der Waals surface area contributed by atoms with E-state index in [1.807, 2.05) is 21.1 Å². The van der Waals surface area contributed by atoms with Crippen LogP contribution in [0.5, 0.6) is 0 Å². The molecule has 0 unspecified atom stereocenters. The minimum atomic E-state index is -4.26. The van der Waals surface area contributed by atoms with E-state index in [1.165, 1.54) is 0 Å². The molecule has 2 N–H and O–H groups in total. The molecule has 0 saturated carbocycles. The smallest absolute Gasteiger partial charge is 0.329 e. The fraction of sp³-hybridized carbons (Fsp3) is 1.00. The van der Waals surface area contributed by atoms with Gasteiger partial charge in [-0.25, -0.2) is 4.57 Å². The average Bonchev–Trinajstić information content (AvgIpc) is 1.55. The summed E-state index contributed by atoms with van der Waals surface area (Å²) in [7, 11) is 1.50. The molecule has 0 rings (SSSR count). The predicted octanol–water partition coefficient (Wildman–Crippen LogP) is -3.19. The van der Waals surface area contributed by atoms with Crippen LogP contribution in [0.25, 0.3) is 0 Å². The Morgan fingerprint density at radius 3 is 2.00 bits per heavy atom. The quantitative estimate of drug-likeness (QED) is 0.289. The Balaban J connectivity index is 0. The van der Waals surface area contributed by atoms with Gasteiger partial charge >= 0.3 is 37.4 Å². The van der Waals surface area contributed by atoms with Crippen molar-refractivity contribution in [1.82, 2.24) is 0 Å². The Bertz CT molecular complexity index is 163. The Hall–Kier alpha value is 1.07. The van der Waals surface area contributed by atoms with Gasteiger partial charge in [0.1, 0.15) is 13.2 Å². The number of hydrogen-bond acceptors (Lipinski definition) is 2. The maximum Gasteiger partial charge on any atom is 1.00 e. The van der Waals surface area contributed by atoms with Gasteiger partial charge < -0.3 is 14.3 Å². The Morgan fingerprint density at radius 2 is 1.75 bits per heavy atom. The average molecular weight is 207 g/mol.